The molecule has 2 aliphatic carbocycles. The van der Waals surface area contributed by atoms with E-state index < -0.39 is 70.6 Å². The standard InChI is InChI=1S/C66H80N6O8/c1-41-12-5-6-33-80-39-48(19-8-15-42(2)14-7-13-41)52-28-31-66(60(52)76)55-26-25-50(74)35-44-16-9-17-45(34-44)36-56-54(46-21-23-49(73)24-22-46)38-70-63(68)69-32-11-29-65(56,79)40-71-59-58-47(18-10-20-53(58)61(67)72-62(59)77)37-57(75)43(3)51(55)27-30-64(66,4)78/h8-10,13,15-24,34,50,52,54-56,59-61,71,73-74,76,78-79H,2,7,12,14,25-31,33,35-40,67H2,1,3-4H3,(H,72,77)(H3,68,69,70)/b15-8+,41-13+,48-19-,51-43?/t50-,52-,54-,55-,56-,59-,60-,61+,64-,65+,66-/m1/s1. The Morgan fingerprint density at radius 1 is 0.912 bits per heavy atom. The van der Waals surface area contributed by atoms with E-state index in [1.54, 1.807) is 12.1 Å². The Hall–Kier alpha value is -6.59. The molecule has 4 heterocycles. The van der Waals surface area contributed by atoms with Gasteiger partial charge in [0.05, 0.1) is 30.0 Å². The van der Waals surface area contributed by atoms with Crippen LogP contribution in [0.25, 0.3) is 0 Å². The maximum Gasteiger partial charge on any atom is 0.243 e. The number of nitrogens with zero attached hydrogens (tertiary/aromatic N) is 1. The summed E-state index contributed by atoms with van der Waals surface area (Å²) in [7, 11) is 0. The van der Waals surface area contributed by atoms with Gasteiger partial charge in [0.1, 0.15) is 24.6 Å². The third-order valence-corrected chi connectivity index (χ3v) is 18.4. The molecule has 1 spiro atoms. The van der Waals surface area contributed by atoms with Crippen LogP contribution in [0.3, 0.4) is 0 Å². The number of aliphatic hydroxyl groups is 4. The third-order valence-electron chi connectivity index (χ3n) is 18.4. The van der Waals surface area contributed by atoms with Crippen molar-refractivity contribution in [2.45, 2.75) is 146 Å². The van der Waals surface area contributed by atoms with Gasteiger partial charge < -0.3 is 52.4 Å². The van der Waals surface area contributed by atoms with E-state index in [9.17, 15) is 30.3 Å². The lowest BCUT2D eigenvalue weighted by molar-refractivity contribution is -0.168. The maximum absolute atomic E-state index is 15.3. The fraction of sp³-hybridized carbons (Fsp3) is 0.470. The van der Waals surface area contributed by atoms with Gasteiger partial charge in [-0.3, -0.25) is 14.9 Å². The number of guanidine groups is 1. The van der Waals surface area contributed by atoms with Crippen LogP contribution in [0.2, 0.25) is 0 Å². The lowest BCUT2D eigenvalue weighted by Crippen LogP contribution is -2.59. The van der Waals surface area contributed by atoms with Gasteiger partial charge in [-0.25, -0.2) is 0 Å². The van der Waals surface area contributed by atoms with E-state index in [2.05, 4.69) is 70.4 Å². The highest BCUT2D eigenvalue weighted by Gasteiger charge is 2.64. The van der Waals surface area contributed by atoms with Gasteiger partial charge in [-0.05, 0) is 148 Å². The van der Waals surface area contributed by atoms with Gasteiger partial charge in [-0.1, -0.05) is 120 Å². The van der Waals surface area contributed by atoms with Crippen LogP contribution < -0.4 is 27.4 Å². The van der Waals surface area contributed by atoms with E-state index in [4.69, 9.17) is 16.2 Å². The number of amides is 1. The van der Waals surface area contributed by atoms with E-state index in [-0.39, 0.29) is 56.6 Å². The lowest BCUT2D eigenvalue weighted by atomic mass is 9.52. The Balaban J connectivity index is 1.14. The number of hydrogen-bond acceptors (Lipinski definition) is 13. The van der Waals surface area contributed by atoms with Gasteiger partial charge in [-0.15, -0.1) is 0 Å². The zero-order valence-electron chi connectivity index (χ0n) is 46.6. The van der Waals surface area contributed by atoms with E-state index in [1.807, 2.05) is 80.6 Å². The maximum atomic E-state index is 15.3. The van der Waals surface area contributed by atoms with E-state index >= 15 is 4.79 Å². The number of β-amino-alcohol motifs (C(OH)–C–C–N with tert-alkyl or cyclic N) is 1. The highest BCUT2D eigenvalue weighted by Crippen LogP contribution is 2.63. The molecular weight excluding hydrogens is 1000 g/mol. The molecule has 2 fully saturated rings. The molecule has 2 bridgehead atoms. The first-order valence-electron chi connectivity index (χ1n) is 28.5. The number of nitrogens with one attached hydrogen (secondary N) is 3. The first-order chi connectivity index (χ1) is 38.4. The molecule has 2 saturated carbocycles. The van der Waals surface area contributed by atoms with E-state index in [0.29, 0.717) is 80.1 Å². The normalized spacial score (nSPS) is 33.9. The Labute approximate surface area is 471 Å². The summed E-state index contributed by atoms with van der Waals surface area (Å²) < 4.78 is 6.21. The minimum Gasteiger partial charge on any atom is -0.508 e. The average molecular weight is 1090 g/mol. The number of rotatable bonds is 2. The van der Waals surface area contributed by atoms with Gasteiger partial charge >= 0.3 is 0 Å². The fourth-order valence-corrected chi connectivity index (χ4v) is 14.0. The molecule has 80 heavy (non-hydrogen) atoms. The number of benzene rings is 3. The Morgan fingerprint density at radius 3 is 2.49 bits per heavy atom. The molecule has 9 rings (SSSR count). The number of ketones is 1. The molecule has 14 heteroatoms. The molecule has 11 atom stereocenters. The van der Waals surface area contributed by atoms with Crippen LogP contribution in [0, 0.1) is 47.0 Å². The molecule has 3 aromatic rings. The fourth-order valence-electron chi connectivity index (χ4n) is 14.0. The van der Waals surface area contributed by atoms with Gasteiger partial charge in [-0.2, -0.15) is 4.99 Å². The molecule has 422 valence electrons. The number of carbonyl (C=O) groups is 2. The largest absolute Gasteiger partial charge is 0.508 e. The summed E-state index contributed by atoms with van der Waals surface area (Å²) in [4.78, 5) is 33.9. The number of carbonyl (C=O) groups excluding carboxylic acids is 2. The first kappa shape index (κ1) is 58.1. The molecule has 0 saturated heterocycles. The number of fused-ring (bicyclic) bond motifs is 5. The molecule has 12 N–H and O–H groups in total. The van der Waals surface area contributed by atoms with Crippen LogP contribution in [0.4, 0.5) is 0 Å². The monoisotopic (exact) mass is 1080 g/mol. The number of aliphatic imine (C=N–C) groups is 1. The van der Waals surface area contributed by atoms with Crippen molar-refractivity contribution in [2.75, 3.05) is 26.3 Å². The quantitative estimate of drug-likeness (QED) is 0.0923. The summed E-state index contributed by atoms with van der Waals surface area (Å²) in [5.74, 6) is 7.10. The molecule has 1 amide bonds. The van der Waals surface area contributed by atoms with Crippen molar-refractivity contribution >= 4 is 17.6 Å². The van der Waals surface area contributed by atoms with Crippen molar-refractivity contribution < 1.29 is 39.9 Å². The zero-order valence-corrected chi connectivity index (χ0v) is 46.6. The molecule has 14 nitrogen and oxygen atoms in total. The first-order valence-corrected chi connectivity index (χ1v) is 28.5. The number of Topliss-reactive ketones (excluding diaryl/α,β-unsaturated/α-hetero) is 1. The van der Waals surface area contributed by atoms with Crippen molar-refractivity contribution in [2.24, 2.45) is 39.6 Å². The molecule has 3 aromatic carbocycles. The summed E-state index contributed by atoms with van der Waals surface area (Å²) in [6.07, 6.45) is 10.6. The summed E-state index contributed by atoms with van der Waals surface area (Å²) in [5, 5.41) is 71.7. The number of aromatic hydroxyl groups is 1. The Bertz CT molecular complexity index is 3120. The van der Waals surface area contributed by atoms with Crippen LogP contribution >= 0.6 is 0 Å². The van der Waals surface area contributed by atoms with Crippen LogP contribution in [-0.4, -0.2) is 92.9 Å². The van der Waals surface area contributed by atoms with E-state index in [0.717, 1.165) is 46.3 Å². The SMILES string of the molecule is C=C1/C=C/C=C(\[C@H]2CC[C@@]3([C@@H]4CC[C@@H](O)Cc5cccc(c5)C[C@@H]5[C@@H](c6ccc(O)cc6)CNC(N)=NC#CC[C@]5(O)CN[C@H]5C(=O)N[C@H](N)c6cccc(c65)CC(=O)C(C)=C4CC[C@@]3(C)O)[C@@H]2O)COCC#CC/C(C)=C/CC1. The van der Waals surface area contributed by atoms with Gasteiger partial charge in [0.2, 0.25) is 11.9 Å². The second-order valence-corrected chi connectivity index (χ2v) is 23.5. The second kappa shape index (κ2) is 25.0. The Kier molecular flexibility index (Phi) is 18.2. The van der Waals surface area contributed by atoms with Crippen molar-refractivity contribution in [1.29, 1.82) is 0 Å². The number of phenolic OH excluding ortho intramolecular Hbond substituents is 1. The molecule has 0 radical (unpaired) electrons. The molecule has 6 aliphatic rings. The minimum absolute atomic E-state index is 0.0569. The molecule has 0 aromatic heterocycles. The topological polar surface area (TPSA) is 245 Å². The lowest BCUT2D eigenvalue weighted by Gasteiger charge is -2.56. The average Bonchev–Trinajstić information content (AvgIpc) is 3.93. The van der Waals surface area contributed by atoms with Gasteiger partial charge in [0.15, 0.2) is 5.78 Å². The van der Waals surface area contributed by atoms with E-state index in [1.165, 1.54) is 5.57 Å². The number of allylic oxidation sites excluding steroid dienone is 8. The van der Waals surface area contributed by atoms with Crippen molar-refractivity contribution in [3.63, 3.8) is 0 Å². The summed E-state index contributed by atoms with van der Waals surface area (Å²) in [6, 6.07) is 22.1. The number of phenols is 1. The highest BCUT2D eigenvalue weighted by molar-refractivity contribution is 5.98. The summed E-state index contributed by atoms with van der Waals surface area (Å²) in [5.41, 5.74) is 17.7. The minimum atomic E-state index is -1.63. The highest BCUT2D eigenvalue weighted by atomic mass is 16.5. The predicted octanol–water partition coefficient (Wildman–Crippen LogP) is 6.99. The van der Waals surface area contributed by atoms with Gasteiger partial charge in [0, 0.05) is 61.6 Å². The molecule has 4 aliphatic heterocycles. The number of nitrogens with two attached hydrogens (primary N) is 2. The smallest absolute Gasteiger partial charge is 0.243 e. The summed E-state index contributed by atoms with van der Waals surface area (Å²) in [6.45, 7) is 10.6. The van der Waals surface area contributed by atoms with Crippen molar-refractivity contribution in [3.05, 3.63) is 159 Å². The predicted molar refractivity (Wildman–Crippen MR) is 311 cm³/mol. The third kappa shape index (κ3) is 12.6. The number of aliphatic hydroxyl groups excluding tert-OH is 2. The number of hydrogen-bond donors (Lipinski definition) is 10. The van der Waals surface area contributed by atoms with Gasteiger partial charge in [0.25, 0.3) is 0 Å². The second-order valence-electron chi connectivity index (χ2n) is 23.5. The van der Waals surface area contributed by atoms with Crippen LogP contribution in [0.1, 0.15) is 136 Å². The molecule has 0 unspecified atom stereocenters. The van der Waals surface area contributed by atoms with Crippen molar-refractivity contribution in [3.8, 4) is 29.6 Å². The Morgan fingerprint density at radius 2 is 1.69 bits per heavy atom. The van der Waals surface area contributed by atoms with Crippen molar-refractivity contribution in [1.82, 2.24) is 16.0 Å². The zero-order chi connectivity index (χ0) is 56.8. The summed E-state index contributed by atoms with van der Waals surface area (Å²) >= 11 is 0. The van der Waals surface area contributed by atoms with Crippen LogP contribution in [-0.2, 0) is 33.6 Å². The van der Waals surface area contributed by atoms with Crippen LogP contribution in [0.15, 0.2) is 130 Å². The van der Waals surface area contributed by atoms with Crippen LogP contribution in [0.5, 0.6) is 5.75 Å². The number of ether oxygens (including phenoxy) is 1. The molecular formula is C66H80N6O8.